The highest BCUT2D eigenvalue weighted by molar-refractivity contribution is 5.68. The van der Waals surface area contributed by atoms with Crippen LogP contribution in [0.25, 0.3) is 22.6 Å². The molecule has 0 unspecified atom stereocenters. The number of unbranched alkanes of at least 4 members (excludes halogenated alkanes) is 1. The average molecular weight is 590 g/mol. The van der Waals surface area contributed by atoms with Gasteiger partial charge in [-0.25, -0.2) is 4.98 Å². The Labute approximate surface area is 257 Å². The molecule has 0 saturated heterocycles. The normalized spacial score (nSPS) is 13.1. The molecule has 2 aliphatic rings. The maximum Gasteiger partial charge on any atom is 0.231 e. The van der Waals surface area contributed by atoms with Crippen LogP contribution >= 0.6 is 0 Å². The largest absolute Gasteiger partial charge is 0.454 e. The standard InChI is InChI=1S/C36H35N3O5/c40-18-8-7-17-39-30(35(28-9-3-1-4-10-28)37-36(39)29-11-5-2-6-12-29)23-38(21-26-13-15-31-33(19-26)43-24-41-31)22-27-14-16-32-34(20-27)44-25-42-32/h1-6,9-16,19-20,40H,7-8,17-18,21-25H2. The number of benzene rings is 4. The van der Waals surface area contributed by atoms with Crippen LogP contribution in [0.3, 0.4) is 0 Å². The summed E-state index contributed by atoms with van der Waals surface area (Å²) in [6.07, 6.45) is 1.57. The van der Waals surface area contributed by atoms with E-state index in [1.807, 2.05) is 24.3 Å². The van der Waals surface area contributed by atoms with Gasteiger partial charge >= 0.3 is 0 Å². The van der Waals surface area contributed by atoms with Gasteiger partial charge in [-0.3, -0.25) is 4.90 Å². The third kappa shape index (κ3) is 6.00. The summed E-state index contributed by atoms with van der Waals surface area (Å²) in [5.41, 5.74) is 6.51. The van der Waals surface area contributed by atoms with Gasteiger partial charge in [0.15, 0.2) is 23.0 Å². The second-order valence-electron chi connectivity index (χ2n) is 11.1. The highest BCUT2D eigenvalue weighted by Gasteiger charge is 2.24. The lowest BCUT2D eigenvalue weighted by Gasteiger charge is -2.25. The molecule has 0 amide bonds. The molecule has 8 heteroatoms. The Kier molecular flexibility index (Phi) is 8.17. The van der Waals surface area contributed by atoms with Crippen LogP contribution in [0.1, 0.15) is 29.7 Å². The van der Waals surface area contributed by atoms with E-state index >= 15 is 0 Å². The molecule has 2 aliphatic heterocycles. The van der Waals surface area contributed by atoms with E-state index in [0.717, 1.165) is 81.9 Å². The van der Waals surface area contributed by atoms with Gasteiger partial charge in [-0.15, -0.1) is 0 Å². The number of hydrogen-bond acceptors (Lipinski definition) is 7. The Hall–Kier alpha value is -4.79. The Morgan fingerprint density at radius 2 is 1.20 bits per heavy atom. The van der Waals surface area contributed by atoms with Crippen LogP contribution in [-0.2, 0) is 26.2 Å². The summed E-state index contributed by atoms with van der Waals surface area (Å²) >= 11 is 0. The summed E-state index contributed by atoms with van der Waals surface area (Å²) in [6.45, 7) is 3.42. The molecule has 0 atom stereocenters. The zero-order valence-electron chi connectivity index (χ0n) is 24.5. The molecule has 224 valence electrons. The predicted octanol–water partition coefficient (Wildman–Crippen LogP) is 6.65. The van der Waals surface area contributed by atoms with Crippen molar-refractivity contribution < 1.29 is 24.1 Å². The fourth-order valence-electron chi connectivity index (χ4n) is 5.88. The molecule has 1 N–H and O–H groups in total. The first-order valence-corrected chi connectivity index (χ1v) is 15.1. The van der Waals surface area contributed by atoms with Crippen LogP contribution in [0.2, 0.25) is 0 Å². The first-order valence-electron chi connectivity index (χ1n) is 15.1. The van der Waals surface area contributed by atoms with Crippen molar-refractivity contribution in [3.8, 4) is 45.6 Å². The van der Waals surface area contributed by atoms with Gasteiger partial charge in [0.25, 0.3) is 0 Å². The van der Waals surface area contributed by atoms with Gasteiger partial charge in [0.05, 0.1) is 11.4 Å². The molecule has 4 aromatic carbocycles. The molecule has 1 aromatic heterocycles. The van der Waals surface area contributed by atoms with Crippen LogP contribution in [0.15, 0.2) is 97.1 Å². The Morgan fingerprint density at radius 3 is 1.80 bits per heavy atom. The summed E-state index contributed by atoms with van der Waals surface area (Å²) < 4.78 is 24.9. The molecule has 8 nitrogen and oxygen atoms in total. The predicted molar refractivity (Wildman–Crippen MR) is 167 cm³/mol. The zero-order valence-corrected chi connectivity index (χ0v) is 24.5. The van der Waals surface area contributed by atoms with Crippen molar-refractivity contribution in [3.63, 3.8) is 0 Å². The van der Waals surface area contributed by atoms with E-state index in [1.54, 1.807) is 0 Å². The lowest BCUT2D eigenvalue weighted by Crippen LogP contribution is -2.24. The van der Waals surface area contributed by atoms with Crippen LogP contribution in [0, 0.1) is 0 Å². The number of fused-ring (bicyclic) bond motifs is 2. The van der Waals surface area contributed by atoms with E-state index in [4.69, 9.17) is 23.9 Å². The van der Waals surface area contributed by atoms with Crippen LogP contribution < -0.4 is 18.9 Å². The van der Waals surface area contributed by atoms with E-state index in [0.29, 0.717) is 19.6 Å². The third-order valence-electron chi connectivity index (χ3n) is 8.00. The molecule has 0 radical (unpaired) electrons. The number of aromatic nitrogens is 2. The number of nitrogens with zero attached hydrogens (tertiary/aromatic N) is 3. The first kappa shape index (κ1) is 28.0. The van der Waals surface area contributed by atoms with Crippen molar-refractivity contribution in [1.29, 1.82) is 0 Å². The summed E-state index contributed by atoms with van der Waals surface area (Å²) in [6, 6.07) is 33.1. The topological polar surface area (TPSA) is 78.2 Å². The number of hydrogen-bond donors (Lipinski definition) is 1. The number of aliphatic hydroxyl groups excluding tert-OH is 1. The van der Waals surface area contributed by atoms with Gasteiger partial charge in [-0.05, 0) is 48.2 Å². The van der Waals surface area contributed by atoms with E-state index in [-0.39, 0.29) is 20.2 Å². The van der Waals surface area contributed by atoms with Crippen molar-refractivity contribution in [2.75, 3.05) is 20.2 Å². The van der Waals surface area contributed by atoms with Gasteiger partial charge in [0.2, 0.25) is 13.6 Å². The fourth-order valence-corrected chi connectivity index (χ4v) is 5.88. The minimum Gasteiger partial charge on any atom is -0.454 e. The molecule has 5 aromatic rings. The molecule has 0 fully saturated rings. The van der Waals surface area contributed by atoms with Gasteiger partial charge in [0, 0.05) is 43.9 Å². The average Bonchev–Trinajstić information content (AvgIpc) is 3.81. The number of aliphatic hydroxyl groups is 1. The molecule has 7 rings (SSSR count). The van der Waals surface area contributed by atoms with Crippen molar-refractivity contribution in [2.24, 2.45) is 0 Å². The minimum atomic E-state index is 0.163. The van der Waals surface area contributed by atoms with E-state index in [9.17, 15) is 5.11 Å². The monoisotopic (exact) mass is 589 g/mol. The number of imidazole rings is 1. The maximum atomic E-state index is 9.62. The molecule has 0 aliphatic carbocycles. The minimum absolute atomic E-state index is 0.163. The fraction of sp³-hybridized carbons (Fsp3) is 0.250. The summed E-state index contributed by atoms with van der Waals surface area (Å²) in [5, 5.41) is 9.62. The molecular formula is C36H35N3O5. The molecule has 0 saturated carbocycles. The Bertz CT molecular complexity index is 1660. The van der Waals surface area contributed by atoms with E-state index < -0.39 is 0 Å². The van der Waals surface area contributed by atoms with Gasteiger partial charge in [-0.1, -0.05) is 72.8 Å². The highest BCUT2D eigenvalue weighted by atomic mass is 16.7. The zero-order chi connectivity index (χ0) is 29.7. The summed E-state index contributed by atoms with van der Waals surface area (Å²) in [5.74, 6) is 4.03. The lowest BCUT2D eigenvalue weighted by molar-refractivity contribution is 0.173. The molecular weight excluding hydrogens is 554 g/mol. The lowest BCUT2D eigenvalue weighted by atomic mass is 10.1. The van der Waals surface area contributed by atoms with Crippen molar-refractivity contribution >= 4 is 0 Å². The highest BCUT2D eigenvalue weighted by Crippen LogP contribution is 2.36. The maximum absolute atomic E-state index is 9.62. The Morgan fingerprint density at radius 1 is 0.636 bits per heavy atom. The molecule has 3 heterocycles. The SMILES string of the molecule is OCCCCn1c(-c2ccccc2)nc(-c2ccccc2)c1CN(Cc1ccc2c(c1)OCO2)Cc1ccc2c(c1)OCO2. The van der Waals surface area contributed by atoms with E-state index in [1.165, 1.54) is 0 Å². The number of rotatable bonds is 12. The molecule has 0 bridgehead atoms. The van der Waals surface area contributed by atoms with Gasteiger partial charge in [0.1, 0.15) is 5.82 Å². The quantitative estimate of drug-likeness (QED) is 0.163. The van der Waals surface area contributed by atoms with Crippen molar-refractivity contribution in [3.05, 3.63) is 114 Å². The summed E-state index contributed by atoms with van der Waals surface area (Å²) in [4.78, 5) is 7.72. The van der Waals surface area contributed by atoms with Crippen LogP contribution in [0.4, 0.5) is 0 Å². The third-order valence-corrected chi connectivity index (χ3v) is 8.00. The first-order chi connectivity index (χ1) is 21.7. The van der Waals surface area contributed by atoms with Crippen molar-refractivity contribution in [2.45, 2.75) is 39.0 Å². The van der Waals surface area contributed by atoms with Crippen LogP contribution in [0.5, 0.6) is 23.0 Å². The van der Waals surface area contributed by atoms with Gasteiger partial charge in [-0.2, -0.15) is 0 Å². The smallest absolute Gasteiger partial charge is 0.231 e. The Balaban J connectivity index is 1.31. The number of ether oxygens (including phenoxy) is 4. The molecule has 44 heavy (non-hydrogen) atoms. The van der Waals surface area contributed by atoms with Gasteiger partial charge < -0.3 is 28.6 Å². The van der Waals surface area contributed by atoms with E-state index in [2.05, 4.69) is 82.3 Å². The molecule has 0 spiro atoms. The van der Waals surface area contributed by atoms with Crippen molar-refractivity contribution in [1.82, 2.24) is 14.5 Å². The van der Waals surface area contributed by atoms with Crippen LogP contribution in [-0.4, -0.2) is 39.8 Å². The summed E-state index contributed by atoms with van der Waals surface area (Å²) in [7, 11) is 0. The second-order valence-corrected chi connectivity index (χ2v) is 11.1. The second kappa shape index (κ2) is 12.8.